The lowest BCUT2D eigenvalue weighted by atomic mass is 10.1. The van der Waals surface area contributed by atoms with E-state index in [0.717, 1.165) is 23.3 Å². The normalized spacial score (nSPS) is 11.1. The van der Waals surface area contributed by atoms with Crippen molar-refractivity contribution in [1.29, 1.82) is 0 Å². The van der Waals surface area contributed by atoms with E-state index in [1.807, 2.05) is 59.8 Å². The Morgan fingerprint density at radius 2 is 1.83 bits per heavy atom. The number of fused-ring (bicyclic) bond motifs is 1. The van der Waals surface area contributed by atoms with Crippen LogP contribution in [0, 0.1) is 6.92 Å². The fourth-order valence-electron chi connectivity index (χ4n) is 3.43. The van der Waals surface area contributed by atoms with E-state index in [9.17, 15) is 9.59 Å². The summed E-state index contributed by atoms with van der Waals surface area (Å²) in [7, 11) is 5.28. The highest BCUT2D eigenvalue weighted by Crippen LogP contribution is 2.19. The van der Waals surface area contributed by atoms with Crippen molar-refractivity contribution in [3.05, 3.63) is 71.2 Å². The van der Waals surface area contributed by atoms with E-state index in [0.29, 0.717) is 18.8 Å². The number of imidazole rings is 1. The zero-order valence-corrected chi connectivity index (χ0v) is 18.1. The molecule has 0 aliphatic carbocycles. The zero-order chi connectivity index (χ0) is 21.7. The van der Waals surface area contributed by atoms with Crippen LogP contribution in [0.3, 0.4) is 0 Å². The Morgan fingerprint density at radius 3 is 2.53 bits per heavy atom. The fourth-order valence-corrected chi connectivity index (χ4v) is 3.43. The summed E-state index contributed by atoms with van der Waals surface area (Å²) in [4.78, 5) is 33.3. The number of rotatable bonds is 8. The molecule has 2 amide bonds. The van der Waals surface area contributed by atoms with Crippen molar-refractivity contribution in [2.75, 3.05) is 34.2 Å². The molecule has 158 valence electrons. The number of hydrogen-bond acceptors (Lipinski definition) is 4. The highest BCUT2D eigenvalue weighted by Gasteiger charge is 2.23. The molecule has 3 rings (SSSR count). The molecule has 7 nitrogen and oxygen atoms in total. The number of aromatic nitrogens is 2. The first-order valence-corrected chi connectivity index (χ1v) is 10.1. The van der Waals surface area contributed by atoms with E-state index in [1.165, 1.54) is 5.56 Å². The second-order valence-corrected chi connectivity index (χ2v) is 7.60. The van der Waals surface area contributed by atoms with Crippen LogP contribution in [0.5, 0.6) is 0 Å². The Labute approximate surface area is 177 Å². The topological polar surface area (TPSA) is 70.0 Å². The Morgan fingerprint density at radius 1 is 1.10 bits per heavy atom. The lowest BCUT2D eigenvalue weighted by molar-refractivity contribution is -0.121. The third-order valence-electron chi connectivity index (χ3n) is 5.18. The van der Waals surface area contributed by atoms with Gasteiger partial charge in [0.05, 0.1) is 12.2 Å². The lowest BCUT2D eigenvalue weighted by Crippen LogP contribution is -2.34. The predicted octanol–water partition coefficient (Wildman–Crippen LogP) is 2.14. The smallest absolute Gasteiger partial charge is 0.274 e. The van der Waals surface area contributed by atoms with Crippen LogP contribution in [0.2, 0.25) is 0 Å². The number of aryl methyl sites for hydroxylation is 1. The summed E-state index contributed by atoms with van der Waals surface area (Å²) >= 11 is 0. The van der Waals surface area contributed by atoms with Crippen LogP contribution in [0.15, 0.2) is 48.7 Å². The maximum atomic E-state index is 13.3. The third-order valence-corrected chi connectivity index (χ3v) is 5.18. The number of benzene rings is 1. The molecule has 1 N–H and O–H groups in total. The van der Waals surface area contributed by atoms with Gasteiger partial charge in [0.1, 0.15) is 5.65 Å². The van der Waals surface area contributed by atoms with Gasteiger partial charge in [0.25, 0.3) is 5.91 Å². The average molecular weight is 408 g/mol. The molecule has 0 fully saturated rings. The molecule has 3 aromatic rings. The SMILES string of the molecule is CNC(=O)CN(C)Cc1c(C(=O)N(C)CCc2ccccc2)nc2c(C)cccn12. The van der Waals surface area contributed by atoms with Crippen LogP contribution >= 0.6 is 0 Å². The van der Waals surface area contributed by atoms with E-state index in [2.05, 4.69) is 22.4 Å². The van der Waals surface area contributed by atoms with Gasteiger partial charge in [-0.2, -0.15) is 0 Å². The molecule has 0 unspecified atom stereocenters. The van der Waals surface area contributed by atoms with Gasteiger partial charge in [0, 0.05) is 33.4 Å². The van der Waals surface area contributed by atoms with Crippen LogP contribution in [-0.2, 0) is 17.8 Å². The summed E-state index contributed by atoms with van der Waals surface area (Å²) in [5, 5.41) is 2.63. The van der Waals surface area contributed by atoms with Gasteiger partial charge < -0.3 is 14.6 Å². The molecule has 0 aliphatic rings. The van der Waals surface area contributed by atoms with Crippen LogP contribution < -0.4 is 5.32 Å². The Bertz CT molecular complexity index is 1030. The van der Waals surface area contributed by atoms with Gasteiger partial charge in [-0.3, -0.25) is 14.5 Å². The standard InChI is InChI=1S/C23H29N5O2/c1-17-9-8-13-28-19(15-26(3)16-20(29)24-2)21(25-22(17)28)23(30)27(4)14-12-18-10-6-5-7-11-18/h5-11,13H,12,14-16H2,1-4H3,(H,24,29). The molecule has 0 saturated heterocycles. The maximum Gasteiger partial charge on any atom is 0.274 e. The summed E-state index contributed by atoms with van der Waals surface area (Å²) in [6.07, 6.45) is 2.69. The van der Waals surface area contributed by atoms with Crippen LogP contribution in [0.4, 0.5) is 0 Å². The number of nitrogens with zero attached hydrogens (tertiary/aromatic N) is 4. The number of pyridine rings is 1. The molecule has 0 saturated carbocycles. The van der Waals surface area contributed by atoms with E-state index in [1.54, 1.807) is 19.0 Å². The number of hydrogen-bond donors (Lipinski definition) is 1. The van der Waals surface area contributed by atoms with Crippen LogP contribution in [0.25, 0.3) is 5.65 Å². The molecule has 0 atom stereocenters. The van der Waals surface area contributed by atoms with Gasteiger partial charge in [-0.05, 0) is 37.6 Å². The molecule has 30 heavy (non-hydrogen) atoms. The lowest BCUT2D eigenvalue weighted by Gasteiger charge is -2.19. The van der Waals surface area contributed by atoms with Gasteiger partial charge >= 0.3 is 0 Å². The van der Waals surface area contributed by atoms with Crippen LogP contribution in [0.1, 0.15) is 27.3 Å². The molecule has 1 aromatic carbocycles. The molecule has 0 spiro atoms. The summed E-state index contributed by atoms with van der Waals surface area (Å²) in [6, 6.07) is 14.0. The number of carbonyl (C=O) groups is 2. The second-order valence-electron chi connectivity index (χ2n) is 7.60. The molecule has 2 aromatic heterocycles. The minimum absolute atomic E-state index is 0.0737. The maximum absolute atomic E-state index is 13.3. The summed E-state index contributed by atoms with van der Waals surface area (Å²) in [5.74, 6) is -0.187. The first-order valence-electron chi connectivity index (χ1n) is 10.1. The van der Waals surface area contributed by atoms with Crippen molar-refractivity contribution in [3.63, 3.8) is 0 Å². The molecule has 0 aliphatic heterocycles. The van der Waals surface area contributed by atoms with Gasteiger partial charge in [0.2, 0.25) is 5.91 Å². The highest BCUT2D eigenvalue weighted by atomic mass is 16.2. The summed E-state index contributed by atoms with van der Waals surface area (Å²) in [5.41, 5.74) is 4.17. The van der Waals surface area contributed by atoms with Gasteiger partial charge in [-0.25, -0.2) is 4.98 Å². The first-order chi connectivity index (χ1) is 14.4. The molecule has 0 bridgehead atoms. The number of amides is 2. The Kier molecular flexibility index (Phi) is 6.84. The zero-order valence-electron chi connectivity index (χ0n) is 18.1. The molecule has 0 radical (unpaired) electrons. The molecule has 2 heterocycles. The largest absolute Gasteiger partial charge is 0.358 e. The quantitative estimate of drug-likeness (QED) is 0.621. The number of nitrogens with one attached hydrogen (secondary N) is 1. The Hall–Kier alpha value is -3.19. The summed E-state index contributed by atoms with van der Waals surface area (Å²) in [6.45, 7) is 3.26. The highest BCUT2D eigenvalue weighted by molar-refractivity contribution is 5.94. The van der Waals surface area contributed by atoms with E-state index < -0.39 is 0 Å². The second kappa shape index (κ2) is 9.54. The van der Waals surface area contributed by atoms with Crippen molar-refractivity contribution < 1.29 is 9.59 Å². The van der Waals surface area contributed by atoms with Crippen molar-refractivity contribution in [2.45, 2.75) is 19.9 Å². The molecular weight excluding hydrogens is 378 g/mol. The van der Waals surface area contributed by atoms with Crippen molar-refractivity contribution >= 4 is 17.5 Å². The minimum Gasteiger partial charge on any atom is -0.358 e. The van der Waals surface area contributed by atoms with Crippen molar-refractivity contribution in [1.82, 2.24) is 24.5 Å². The molecule has 7 heteroatoms. The summed E-state index contributed by atoms with van der Waals surface area (Å²) < 4.78 is 1.95. The van der Waals surface area contributed by atoms with Crippen molar-refractivity contribution in [3.8, 4) is 0 Å². The van der Waals surface area contributed by atoms with E-state index in [4.69, 9.17) is 0 Å². The van der Waals surface area contributed by atoms with Gasteiger partial charge in [0.15, 0.2) is 5.69 Å². The molecular formula is C23H29N5O2. The third kappa shape index (κ3) is 4.86. The van der Waals surface area contributed by atoms with Crippen molar-refractivity contribution in [2.24, 2.45) is 0 Å². The average Bonchev–Trinajstić information content (AvgIpc) is 3.11. The predicted molar refractivity (Wildman–Crippen MR) is 117 cm³/mol. The number of likely N-dealkylation sites (N-methyl/N-ethyl adjacent to an activating group) is 3. The monoisotopic (exact) mass is 407 g/mol. The van der Waals surface area contributed by atoms with Gasteiger partial charge in [-0.1, -0.05) is 36.4 Å². The Balaban J connectivity index is 1.86. The fraction of sp³-hybridized carbons (Fsp3) is 0.348. The van der Waals surface area contributed by atoms with E-state index in [-0.39, 0.29) is 18.4 Å². The minimum atomic E-state index is -0.114. The van der Waals surface area contributed by atoms with Gasteiger partial charge in [-0.15, -0.1) is 0 Å². The van der Waals surface area contributed by atoms with E-state index >= 15 is 0 Å². The number of carbonyl (C=O) groups excluding carboxylic acids is 2. The first kappa shape index (κ1) is 21.5. The van der Waals surface area contributed by atoms with Crippen LogP contribution in [-0.4, -0.2) is 65.2 Å².